The van der Waals surface area contributed by atoms with Gasteiger partial charge in [0.2, 0.25) is 0 Å². The van der Waals surface area contributed by atoms with Crippen molar-refractivity contribution in [3.8, 4) is 0 Å². The lowest BCUT2D eigenvalue weighted by molar-refractivity contribution is 0.432. The quantitative estimate of drug-likeness (QED) is 0.311. The first-order valence-corrected chi connectivity index (χ1v) is 8.16. The van der Waals surface area contributed by atoms with Crippen molar-refractivity contribution < 1.29 is 0 Å². The van der Waals surface area contributed by atoms with Crippen LogP contribution in [0.15, 0.2) is 23.3 Å². The zero-order valence-electron chi connectivity index (χ0n) is 14.0. The monoisotopic (exact) mass is 325 g/mol. The maximum absolute atomic E-state index is 5.78. The van der Waals surface area contributed by atoms with Crippen molar-refractivity contribution in [2.45, 2.75) is 39.7 Å². The molecule has 0 fully saturated rings. The second-order valence-electron chi connectivity index (χ2n) is 6.10. The van der Waals surface area contributed by atoms with Crippen LogP contribution in [0.25, 0.3) is 0 Å². The highest BCUT2D eigenvalue weighted by Gasteiger charge is 2.07. The van der Waals surface area contributed by atoms with Gasteiger partial charge < -0.3 is 16.0 Å². The van der Waals surface area contributed by atoms with Crippen molar-refractivity contribution in [3.63, 3.8) is 0 Å². The molecule has 1 rings (SSSR count). The molecule has 0 saturated heterocycles. The lowest BCUT2D eigenvalue weighted by Crippen LogP contribution is -2.40. The molecule has 3 N–H and O–H groups in total. The molecular weight excluding hydrogens is 298 g/mol. The van der Waals surface area contributed by atoms with E-state index in [1.54, 1.807) is 6.20 Å². The first-order chi connectivity index (χ1) is 10.4. The summed E-state index contributed by atoms with van der Waals surface area (Å²) in [5.41, 5.74) is 1.28. The number of nitrogens with one attached hydrogen (secondary N) is 3. The zero-order chi connectivity index (χ0) is 16.4. The van der Waals surface area contributed by atoms with E-state index in [1.807, 2.05) is 12.1 Å². The van der Waals surface area contributed by atoms with Gasteiger partial charge in [0.25, 0.3) is 0 Å². The van der Waals surface area contributed by atoms with Crippen LogP contribution in [0.3, 0.4) is 0 Å². The first kappa shape index (κ1) is 18.7. The maximum Gasteiger partial charge on any atom is 0.191 e. The molecule has 124 valence electrons. The standard InChI is InChI=1S/C16H28ClN5/c1-5-18-15(20-10-11-22-16(2,3)4)19-9-8-13-6-7-14(17)21-12-13/h6-7,12,22H,5,8-11H2,1-4H3,(H2,18,19,20). The number of hydrogen-bond donors (Lipinski definition) is 3. The Labute approximate surface area is 139 Å². The molecular formula is C16H28ClN5. The van der Waals surface area contributed by atoms with E-state index in [4.69, 9.17) is 11.6 Å². The van der Waals surface area contributed by atoms with E-state index >= 15 is 0 Å². The van der Waals surface area contributed by atoms with E-state index in [0.717, 1.165) is 44.1 Å². The van der Waals surface area contributed by atoms with E-state index in [9.17, 15) is 0 Å². The third-order valence-corrected chi connectivity index (χ3v) is 3.10. The summed E-state index contributed by atoms with van der Waals surface area (Å²) in [6.07, 6.45) is 2.69. The fraction of sp³-hybridized carbons (Fsp3) is 0.625. The van der Waals surface area contributed by atoms with Crippen LogP contribution in [0.4, 0.5) is 0 Å². The Morgan fingerprint density at radius 1 is 1.23 bits per heavy atom. The van der Waals surface area contributed by atoms with Crippen molar-refractivity contribution >= 4 is 17.6 Å². The predicted octanol–water partition coefficient (Wildman–Crippen LogP) is 2.22. The van der Waals surface area contributed by atoms with Crippen LogP contribution < -0.4 is 16.0 Å². The highest BCUT2D eigenvalue weighted by Crippen LogP contribution is 2.05. The molecule has 0 unspecified atom stereocenters. The maximum atomic E-state index is 5.78. The average molecular weight is 326 g/mol. The van der Waals surface area contributed by atoms with Crippen LogP contribution >= 0.6 is 11.6 Å². The van der Waals surface area contributed by atoms with Crippen molar-refractivity contribution in [1.82, 2.24) is 20.9 Å². The van der Waals surface area contributed by atoms with Gasteiger partial charge in [0.1, 0.15) is 5.15 Å². The fourth-order valence-corrected chi connectivity index (χ4v) is 1.93. The van der Waals surface area contributed by atoms with E-state index in [0.29, 0.717) is 5.15 Å². The molecule has 22 heavy (non-hydrogen) atoms. The van der Waals surface area contributed by atoms with Crippen molar-refractivity contribution in [1.29, 1.82) is 0 Å². The fourth-order valence-electron chi connectivity index (χ4n) is 1.82. The smallest absolute Gasteiger partial charge is 0.191 e. The predicted molar refractivity (Wildman–Crippen MR) is 94.7 cm³/mol. The molecule has 5 nitrogen and oxygen atoms in total. The highest BCUT2D eigenvalue weighted by molar-refractivity contribution is 6.29. The van der Waals surface area contributed by atoms with Crippen LogP contribution in [-0.4, -0.2) is 42.7 Å². The van der Waals surface area contributed by atoms with Crippen LogP contribution in [0.1, 0.15) is 33.3 Å². The largest absolute Gasteiger partial charge is 0.357 e. The van der Waals surface area contributed by atoms with Gasteiger partial charge in [-0.2, -0.15) is 0 Å². The Kier molecular flexibility index (Phi) is 8.20. The second-order valence-corrected chi connectivity index (χ2v) is 6.49. The van der Waals surface area contributed by atoms with Gasteiger partial charge in [-0.05, 0) is 45.7 Å². The van der Waals surface area contributed by atoms with Gasteiger partial charge in [0.05, 0.1) is 6.54 Å². The molecule has 1 aromatic heterocycles. The summed E-state index contributed by atoms with van der Waals surface area (Å²) in [5, 5.41) is 10.5. The lowest BCUT2D eigenvalue weighted by atomic mass is 10.1. The summed E-state index contributed by atoms with van der Waals surface area (Å²) < 4.78 is 0. The first-order valence-electron chi connectivity index (χ1n) is 7.78. The molecule has 6 heteroatoms. The topological polar surface area (TPSA) is 61.3 Å². The number of hydrogen-bond acceptors (Lipinski definition) is 3. The molecule has 0 aromatic carbocycles. The Hall–Kier alpha value is -1.33. The Morgan fingerprint density at radius 3 is 2.59 bits per heavy atom. The third kappa shape index (κ3) is 8.85. The molecule has 0 aliphatic carbocycles. The van der Waals surface area contributed by atoms with Gasteiger partial charge in [-0.25, -0.2) is 4.98 Å². The van der Waals surface area contributed by atoms with Gasteiger partial charge in [0.15, 0.2) is 5.96 Å². The van der Waals surface area contributed by atoms with Crippen molar-refractivity contribution in [3.05, 3.63) is 29.0 Å². The second kappa shape index (κ2) is 9.64. The number of nitrogens with zero attached hydrogens (tertiary/aromatic N) is 2. The Bertz CT molecular complexity index is 451. The minimum absolute atomic E-state index is 0.128. The zero-order valence-corrected chi connectivity index (χ0v) is 14.8. The normalized spacial score (nSPS) is 12.3. The summed E-state index contributed by atoms with van der Waals surface area (Å²) in [6, 6.07) is 3.81. The SMILES string of the molecule is CCNC(=NCCNC(C)(C)C)NCCc1ccc(Cl)nc1. The van der Waals surface area contributed by atoms with Crippen LogP contribution in [0, 0.1) is 0 Å². The number of aromatic nitrogens is 1. The van der Waals surface area contributed by atoms with Gasteiger partial charge >= 0.3 is 0 Å². The number of guanidine groups is 1. The third-order valence-electron chi connectivity index (χ3n) is 2.88. The molecule has 0 saturated carbocycles. The van der Waals surface area contributed by atoms with E-state index < -0.39 is 0 Å². The van der Waals surface area contributed by atoms with Crippen LogP contribution in [0.2, 0.25) is 5.15 Å². The number of pyridine rings is 1. The Balaban J connectivity index is 2.35. The number of rotatable bonds is 7. The molecule has 1 aromatic rings. The van der Waals surface area contributed by atoms with Gasteiger partial charge in [-0.15, -0.1) is 0 Å². The molecule has 0 radical (unpaired) electrons. The molecule has 1 heterocycles. The van der Waals surface area contributed by atoms with Crippen molar-refractivity contribution in [2.24, 2.45) is 4.99 Å². The highest BCUT2D eigenvalue weighted by atomic mass is 35.5. The summed E-state index contributed by atoms with van der Waals surface area (Å²) in [5.74, 6) is 0.847. The van der Waals surface area contributed by atoms with E-state index in [2.05, 4.69) is 53.6 Å². The molecule has 0 atom stereocenters. The van der Waals surface area contributed by atoms with E-state index in [1.165, 1.54) is 0 Å². The minimum atomic E-state index is 0.128. The van der Waals surface area contributed by atoms with Gasteiger partial charge in [0, 0.05) is 31.4 Å². The number of halogens is 1. The van der Waals surface area contributed by atoms with Crippen molar-refractivity contribution in [2.75, 3.05) is 26.2 Å². The number of aliphatic imine (C=N–C) groups is 1. The molecule has 0 spiro atoms. The van der Waals surface area contributed by atoms with Crippen LogP contribution in [-0.2, 0) is 6.42 Å². The summed E-state index contributed by atoms with van der Waals surface area (Å²) in [6.45, 7) is 11.8. The molecule has 0 bridgehead atoms. The average Bonchev–Trinajstić information content (AvgIpc) is 2.44. The summed E-state index contributed by atoms with van der Waals surface area (Å²) >= 11 is 5.78. The molecule has 0 aliphatic heterocycles. The molecule has 0 amide bonds. The van der Waals surface area contributed by atoms with Gasteiger partial charge in [-0.3, -0.25) is 4.99 Å². The minimum Gasteiger partial charge on any atom is -0.357 e. The summed E-state index contributed by atoms with van der Waals surface area (Å²) in [7, 11) is 0. The van der Waals surface area contributed by atoms with Crippen LogP contribution in [0.5, 0.6) is 0 Å². The molecule has 0 aliphatic rings. The lowest BCUT2D eigenvalue weighted by Gasteiger charge is -2.20. The van der Waals surface area contributed by atoms with E-state index in [-0.39, 0.29) is 5.54 Å². The Morgan fingerprint density at radius 2 is 2.00 bits per heavy atom. The van der Waals surface area contributed by atoms with Gasteiger partial charge in [-0.1, -0.05) is 17.7 Å². The summed E-state index contributed by atoms with van der Waals surface area (Å²) in [4.78, 5) is 8.64.